The lowest BCUT2D eigenvalue weighted by atomic mass is 10.2. The Balaban J connectivity index is 2.01. The molecule has 0 spiro atoms. The molecular formula is C13H17N3O4. The lowest BCUT2D eigenvalue weighted by molar-refractivity contribution is 0.0764. The molecule has 1 aliphatic rings. The maximum absolute atomic E-state index is 12.2. The van der Waals surface area contributed by atoms with Gasteiger partial charge >= 0.3 is 6.09 Å². The van der Waals surface area contributed by atoms with Crippen molar-refractivity contribution in [1.82, 2.24) is 15.2 Å². The van der Waals surface area contributed by atoms with Crippen molar-refractivity contribution in [3.63, 3.8) is 0 Å². The van der Waals surface area contributed by atoms with Crippen LogP contribution in [-0.2, 0) is 11.3 Å². The van der Waals surface area contributed by atoms with Gasteiger partial charge in [0.25, 0.3) is 5.91 Å². The molecule has 0 radical (unpaired) electrons. The Morgan fingerprint density at radius 3 is 3.05 bits per heavy atom. The van der Waals surface area contributed by atoms with Gasteiger partial charge in [0.15, 0.2) is 0 Å². The highest BCUT2D eigenvalue weighted by molar-refractivity contribution is 5.94. The first-order valence-corrected chi connectivity index (χ1v) is 6.34. The number of nitrogens with zero attached hydrogens (tertiary/aromatic N) is 2. The van der Waals surface area contributed by atoms with Gasteiger partial charge in [-0.1, -0.05) is 0 Å². The van der Waals surface area contributed by atoms with Crippen LogP contribution >= 0.6 is 0 Å². The van der Waals surface area contributed by atoms with E-state index in [4.69, 9.17) is 0 Å². The van der Waals surface area contributed by atoms with E-state index in [1.165, 1.54) is 13.3 Å². The van der Waals surface area contributed by atoms with E-state index < -0.39 is 12.2 Å². The van der Waals surface area contributed by atoms with Crippen LogP contribution in [0.1, 0.15) is 22.5 Å². The minimum Gasteiger partial charge on any atom is -0.453 e. The fourth-order valence-electron chi connectivity index (χ4n) is 2.05. The third-order valence-electron chi connectivity index (χ3n) is 3.11. The first-order valence-electron chi connectivity index (χ1n) is 6.34. The Morgan fingerprint density at radius 2 is 2.40 bits per heavy atom. The predicted octanol–water partition coefficient (Wildman–Crippen LogP) is 0.144. The highest BCUT2D eigenvalue weighted by Gasteiger charge is 2.25. The topological polar surface area (TPSA) is 91.8 Å². The predicted molar refractivity (Wildman–Crippen MR) is 70.0 cm³/mol. The van der Waals surface area contributed by atoms with Gasteiger partial charge in [-0.15, -0.1) is 0 Å². The molecular weight excluding hydrogens is 262 g/mol. The van der Waals surface area contributed by atoms with Crippen LogP contribution in [-0.4, -0.2) is 53.3 Å². The zero-order chi connectivity index (χ0) is 14.5. The molecule has 2 amide bonds. The molecule has 20 heavy (non-hydrogen) atoms. The van der Waals surface area contributed by atoms with Crippen LogP contribution in [0.3, 0.4) is 0 Å². The normalized spacial score (nSPS) is 17.9. The van der Waals surface area contributed by atoms with Crippen molar-refractivity contribution in [1.29, 1.82) is 0 Å². The number of hydrogen-bond donors (Lipinski definition) is 2. The molecule has 2 N–H and O–H groups in total. The fraction of sp³-hybridized carbons (Fsp3) is 0.462. The van der Waals surface area contributed by atoms with Crippen molar-refractivity contribution in [2.75, 3.05) is 20.2 Å². The van der Waals surface area contributed by atoms with Crippen molar-refractivity contribution in [2.45, 2.75) is 19.1 Å². The summed E-state index contributed by atoms with van der Waals surface area (Å²) in [6, 6.07) is 3.25. The zero-order valence-corrected chi connectivity index (χ0v) is 11.2. The van der Waals surface area contributed by atoms with Crippen LogP contribution in [0.5, 0.6) is 0 Å². The minimum absolute atomic E-state index is 0.136. The number of β-amino-alcohol motifs (C(OH)–C–C–N with tert-alkyl or cyclic N) is 1. The number of aromatic nitrogens is 1. The van der Waals surface area contributed by atoms with Crippen molar-refractivity contribution >= 4 is 12.0 Å². The van der Waals surface area contributed by atoms with Crippen LogP contribution in [0, 0.1) is 0 Å². The molecule has 0 bridgehead atoms. The van der Waals surface area contributed by atoms with E-state index in [1.807, 2.05) is 0 Å². The summed E-state index contributed by atoms with van der Waals surface area (Å²) in [5.74, 6) is -0.136. The Kier molecular flexibility index (Phi) is 4.52. The minimum atomic E-state index is -0.550. The van der Waals surface area contributed by atoms with Gasteiger partial charge < -0.3 is 20.1 Å². The molecule has 1 atom stereocenters. The first-order chi connectivity index (χ1) is 9.60. The Morgan fingerprint density at radius 1 is 1.60 bits per heavy atom. The molecule has 1 fully saturated rings. The quantitative estimate of drug-likeness (QED) is 0.821. The molecule has 1 aromatic rings. The summed E-state index contributed by atoms with van der Waals surface area (Å²) >= 11 is 0. The SMILES string of the molecule is COC(=O)NCc1cc(C(=O)N2CCC(O)C2)ccn1. The van der Waals surface area contributed by atoms with Gasteiger partial charge in [0, 0.05) is 24.8 Å². The molecule has 0 aromatic carbocycles. The number of amides is 2. The molecule has 2 heterocycles. The molecule has 0 saturated carbocycles. The second-order valence-electron chi connectivity index (χ2n) is 4.57. The number of alkyl carbamates (subject to hydrolysis) is 1. The van der Waals surface area contributed by atoms with Crippen LogP contribution in [0.2, 0.25) is 0 Å². The number of methoxy groups -OCH3 is 1. The lowest BCUT2D eigenvalue weighted by Crippen LogP contribution is -2.30. The average molecular weight is 279 g/mol. The van der Waals surface area contributed by atoms with Gasteiger partial charge in [0.1, 0.15) is 0 Å². The van der Waals surface area contributed by atoms with Crippen LogP contribution in [0.25, 0.3) is 0 Å². The van der Waals surface area contributed by atoms with Gasteiger partial charge in [0.05, 0.1) is 25.5 Å². The third kappa shape index (κ3) is 3.45. The number of carbonyl (C=O) groups excluding carboxylic acids is 2. The lowest BCUT2D eigenvalue weighted by Gasteiger charge is -2.15. The Hall–Kier alpha value is -2.15. The van der Waals surface area contributed by atoms with Crippen LogP contribution in [0.4, 0.5) is 4.79 Å². The van der Waals surface area contributed by atoms with E-state index in [0.29, 0.717) is 30.8 Å². The number of carbonyl (C=O) groups is 2. The smallest absolute Gasteiger partial charge is 0.407 e. The summed E-state index contributed by atoms with van der Waals surface area (Å²) in [6.07, 6.45) is 1.13. The Bertz CT molecular complexity index is 506. The summed E-state index contributed by atoms with van der Waals surface area (Å²) in [7, 11) is 1.28. The van der Waals surface area contributed by atoms with E-state index >= 15 is 0 Å². The van der Waals surface area contributed by atoms with Crippen molar-refractivity contribution in [3.05, 3.63) is 29.6 Å². The van der Waals surface area contributed by atoms with E-state index in [1.54, 1.807) is 17.0 Å². The number of likely N-dealkylation sites (tertiary alicyclic amines) is 1. The zero-order valence-electron chi connectivity index (χ0n) is 11.2. The van der Waals surface area contributed by atoms with Crippen molar-refractivity contribution in [3.8, 4) is 0 Å². The molecule has 1 aromatic heterocycles. The fourth-order valence-corrected chi connectivity index (χ4v) is 2.05. The average Bonchev–Trinajstić information content (AvgIpc) is 2.90. The van der Waals surface area contributed by atoms with Crippen LogP contribution in [0.15, 0.2) is 18.3 Å². The van der Waals surface area contributed by atoms with E-state index in [-0.39, 0.29) is 12.5 Å². The van der Waals surface area contributed by atoms with E-state index in [2.05, 4.69) is 15.0 Å². The summed E-state index contributed by atoms with van der Waals surface area (Å²) in [6.45, 7) is 1.10. The largest absolute Gasteiger partial charge is 0.453 e. The van der Waals surface area contributed by atoms with Crippen molar-refractivity contribution in [2.24, 2.45) is 0 Å². The van der Waals surface area contributed by atoms with Gasteiger partial charge in [-0.05, 0) is 18.6 Å². The maximum atomic E-state index is 12.2. The standard InChI is InChI=1S/C13H17N3O4/c1-20-13(19)15-7-10-6-9(2-4-14-10)12(18)16-5-3-11(17)8-16/h2,4,6,11,17H,3,5,7-8H2,1H3,(H,15,19). The number of pyridine rings is 1. The molecule has 1 saturated heterocycles. The molecule has 7 heteroatoms. The number of ether oxygens (including phenoxy) is 1. The highest BCUT2D eigenvalue weighted by Crippen LogP contribution is 2.13. The third-order valence-corrected chi connectivity index (χ3v) is 3.11. The van der Waals surface area contributed by atoms with Gasteiger partial charge in [-0.3, -0.25) is 9.78 Å². The van der Waals surface area contributed by atoms with E-state index in [0.717, 1.165) is 0 Å². The second-order valence-corrected chi connectivity index (χ2v) is 4.57. The number of aliphatic hydroxyl groups excluding tert-OH is 1. The summed E-state index contributed by atoms with van der Waals surface area (Å²) in [4.78, 5) is 28.9. The summed E-state index contributed by atoms with van der Waals surface area (Å²) in [5.41, 5.74) is 1.07. The number of rotatable bonds is 3. The van der Waals surface area contributed by atoms with Gasteiger partial charge in [-0.25, -0.2) is 4.79 Å². The number of aliphatic hydroxyl groups is 1. The molecule has 0 aliphatic carbocycles. The molecule has 2 rings (SSSR count). The summed E-state index contributed by atoms with van der Waals surface area (Å²) in [5, 5.41) is 12.0. The molecule has 1 aliphatic heterocycles. The number of hydrogen-bond acceptors (Lipinski definition) is 5. The molecule has 7 nitrogen and oxygen atoms in total. The maximum Gasteiger partial charge on any atom is 0.407 e. The van der Waals surface area contributed by atoms with Gasteiger partial charge in [-0.2, -0.15) is 0 Å². The second kappa shape index (κ2) is 6.33. The monoisotopic (exact) mass is 279 g/mol. The summed E-state index contributed by atoms with van der Waals surface area (Å²) < 4.78 is 4.46. The van der Waals surface area contributed by atoms with E-state index in [9.17, 15) is 14.7 Å². The van der Waals surface area contributed by atoms with Crippen LogP contribution < -0.4 is 5.32 Å². The van der Waals surface area contributed by atoms with Gasteiger partial charge in [0.2, 0.25) is 0 Å². The Labute approximate surface area is 116 Å². The number of nitrogens with one attached hydrogen (secondary N) is 1. The van der Waals surface area contributed by atoms with Crippen molar-refractivity contribution < 1.29 is 19.4 Å². The molecule has 108 valence electrons. The molecule has 1 unspecified atom stereocenters. The first kappa shape index (κ1) is 14.3. The highest BCUT2D eigenvalue weighted by atomic mass is 16.5.